The Morgan fingerprint density at radius 1 is 0.365 bits per heavy atom. The van der Waals surface area contributed by atoms with Gasteiger partial charge in [-0.25, -0.2) is 0 Å². The standard InChI is InChI=1S/C47H27N3OSe/c1-3-11-28(12-4-1)33-16-9-17-34-35-26-25-30-23-21-29-22-24-32(27-38(29)41(30)44(35)52-43(33)34)46-48-45(31-13-5-2-6-14-31)49-47(50-46)37-18-10-20-40-42(37)36-15-7-8-19-39(36)51-40/h1-27H. The van der Waals surface area contributed by atoms with Gasteiger partial charge in [-0.15, -0.1) is 0 Å². The van der Waals surface area contributed by atoms with E-state index in [0.29, 0.717) is 17.5 Å². The molecular formula is C47H27N3OSe. The molecule has 0 unspecified atom stereocenters. The Kier molecular flexibility index (Phi) is 6.53. The molecular weight excluding hydrogens is 701 g/mol. The fraction of sp³-hybridized carbons (Fsp3) is 0. The molecule has 242 valence electrons. The van der Waals surface area contributed by atoms with Crippen LogP contribution in [0.25, 0.3) is 108 Å². The number of furan rings is 1. The number of fused-ring (bicyclic) bond motifs is 10. The van der Waals surface area contributed by atoms with Gasteiger partial charge in [0.25, 0.3) is 0 Å². The number of aromatic nitrogens is 3. The second kappa shape index (κ2) is 11.6. The van der Waals surface area contributed by atoms with E-state index in [1.54, 1.807) is 0 Å². The minimum absolute atomic E-state index is 0.133. The maximum atomic E-state index is 6.26. The molecule has 0 amide bonds. The molecule has 0 aliphatic rings. The van der Waals surface area contributed by atoms with Gasteiger partial charge in [0.05, 0.1) is 0 Å². The molecule has 0 radical (unpaired) electrons. The number of hydrogen-bond acceptors (Lipinski definition) is 4. The van der Waals surface area contributed by atoms with Crippen molar-refractivity contribution in [1.29, 1.82) is 0 Å². The molecule has 0 spiro atoms. The molecule has 0 atom stereocenters. The Morgan fingerprint density at radius 3 is 1.85 bits per heavy atom. The van der Waals surface area contributed by atoms with E-state index < -0.39 is 0 Å². The molecule has 11 rings (SSSR count). The zero-order chi connectivity index (χ0) is 34.2. The van der Waals surface area contributed by atoms with Gasteiger partial charge in [0, 0.05) is 0 Å². The van der Waals surface area contributed by atoms with Gasteiger partial charge in [-0.1, -0.05) is 12.1 Å². The van der Waals surface area contributed by atoms with Gasteiger partial charge in [-0.05, 0) is 6.07 Å². The number of para-hydroxylation sites is 1. The first-order valence-corrected chi connectivity index (χ1v) is 19.1. The van der Waals surface area contributed by atoms with Crippen molar-refractivity contribution >= 4 is 77.3 Å². The number of benzene rings is 8. The molecule has 0 aliphatic carbocycles. The second-order valence-corrected chi connectivity index (χ2v) is 15.3. The van der Waals surface area contributed by atoms with Gasteiger partial charge in [0.1, 0.15) is 0 Å². The van der Waals surface area contributed by atoms with Crippen LogP contribution in [-0.2, 0) is 0 Å². The zero-order valence-corrected chi connectivity index (χ0v) is 29.5. The molecule has 0 fully saturated rings. The van der Waals surface area contributed by atoms with E-state index in [0.717, 1.165) is 38.6 Å². The fourth-order valence-electron chi connectivity index (χ4n) is 7.68. The summed E-state index contributed by atoms with van der Waals surface area (Å²) in [7, 11) is 0. The molecule has 3 aromatic heterocycles. The van der Waals surface area contributed by atoms with Crippen molar-refractivity contribution in [2.45, 2.75) is 0 Å². The van der Waals surface area contributed by atoms with Crippen LogP contribution >= 0.6 is 0 Å². The maximum absolute atomic E-state index is 6.26. The van der Waals surface area contributed by atoms with Crippen LogP contribution in [0.1, 0.15) is 0 Å². The van der Waals surface area contributed by atoms with Crippen LogP contribution in [0.5, 0.6) is 0 Å². The average molecular weight is 729 g/mol. The molecule has 0 saturated carbocycles. The first kappa shape index (κ1) is 29.4. The molecule has 0 saturated heterocycles. The van der Waals surface area contributed by atoms with Gasteiger partial charge in [0.15, 0.2) is 0 Å². The van der Waals surface area contributed by atoms with E-state index in [1.165, 1.54) is 52.0 Å². The summed E-state index contributed by atoms with van der Waals surface area (Å²) in [4.78, 5) is 15.4. The summed E-state index contributed by atoms with van der Waals surface area (Å²) >= 11 is 0.133. The van der Waals surface area contributed by atoms with Crippen molar-refractivity contribution in [1.82, 2.24) is 15.0 Å². The Hall–Kier alpha value is -6.39. The molecule has 0 N–H and O–H groups in total. The van der Waals surface area contributed by atoms with Crippen LogP contribution < -0.4 is 0 Å². The van der Waals surface area contributed by atoms with Gasteiger partial charge in [0.2, 0.25) is 0 Å². The van der Waals surface area contributed by atoms with E-state index in [-0.39, 0.29) is 14.5 Å². The van der Waals surface area contributed by atoms with Crippen LogP contribution in [-0.4, -0.2) is 29.5 Å². The van der Waals surface area contributed by atoms with Gasteiger partial charge in [-0.3, -0.25) is 0 Å². The monoisotopic (exact) mass is 729 g/mol. The molecule has 0 bridgehead atoms. The molecule has 11 aromatic rings. The topological polar surface area (TPSA) is 51.8 Å². The summed E-state index contributed by atoms with van der Waals surface area (Å²) in [6.07, 6.45) is 0. The van der Waals surface area contributed by atoms with Crippen LogP contribution in [0.15, 0.2) is 168 Å². The summed E-state index contributed by atoms with van der Waals surface area (Å²) in [6, 6.07) is 57.7. The summed E-state index contributed by atoms with van der Waals surface area (Å²) in [5.41, 5.74) is 7.06. The summed E-state index contributed by atoms with van der Waals surface area (Å²) in [5.74, 6) is 1.89. The number of hydrogen-bond donors (Lipinski definition) is 0. The molecule has 4 nitrogen and oxygen atoms in total. The normalized spacial score (nSPS) is 11.8. The summed E-state index contributed by atoms with van der Waals surface area (Å²) in [5, 5.41) is 9.72. The summed E-state index contributed by atoms with van der Waals surface area (Å²) in [6.45, 7) is 0. The minimum atomic E-state index is 0.133. The van der Waals surface area contributed by atoms with E-state index >= 15 is 0 Å². The van der Waals surface area contributed by atoms with Crippen LogP contribution in [0.3, 0.4) is 0 Å². The first-order chi connectivity index (χ1) is 25.8. The van der Waals surface area contributed by atoms with Crippen molar-refractivity contribution in [2.24, 2.45) is 0 Å². The van der Waals surface area contributed by atoms with Gasteiger partial charge in [-0.2, -0.15) is 0 Å². The second-order valence-electron chi connectivity index (χ2n) is 13.1. The van der Waals surface area contributed by atoms with Gasteiger partial charge < -0.3 is 0 Å². The molecule has 0 aliphatic heterocycles. The SMILES string of the molecule is c1ccc(-c2nc(-c3ccc4ccc5ccc6c7cccc(-c8ccccc8)c7[se]c6c5c4c3)nc(-c3cccc4oc5ccccc5c34)n2)cc1. The summed E-state index contributed by atoms with van der Waals surface area (Å²) < 4.78 is 9.14. The van der Waals surface area contributed by atoms with Crippen LogP contribution in [0.4, 0.5) is 0 Å². The first-order valence-electron chi connectivity index (χ1n) is 17.4. The fourth-order valence-corrected chi connectivity index (χ4v) is 10.6. The quantitative estimate of drug-likeness (QED) is 0.134. The number of nitrogens with zero attached hydrogens (tertiary/aromatic N) is 3. The van der Waals surface area contributed by atoms with Crippen LogP contribution in [0.2, 0.25) is 0 Å². The Labute approximate surface area is 304 Å². The third-order valence-corrected chi connectivity index (χ3v) is 12.8. The zero-order valence-electron chi connectivity index (χ0n) is 27.7. The van der Waals surface area contributed by atoms with Crippen molar-refractivity contribution in [2.75, 3.05) is 0 Å². The average Bonchev–Trinajstić information content (AvgIpc) is 3.80. The Morgan fingerprint density at radius 2 is 0.981 bits per heavy atom. The Bertz CT molecular complexity index is 3180. The van der Waals surface area contributed by atoms with Crippen molar-refractivity contribution < 1.29 is 4.42 Å². The predicted molar refractivity (Wildman–Crippen MR) is 216 cm³/mol. The van der Waals surface area contributed by atoms with Gasteiger partial charge >= 0.3 is 288 Å². The molecule has 5 heteroatoms. The van der Waals surface area contributed by atoms with Crippen molar-refractivity contribution in [3.8, 4) is 45.3 Å². The van der Waals surface area contributed by atoms with E-state index in [4.69, 9.17) is 19.4 Å². The van der Waals surface area contributed by atoms with Crippen molar-refractivity contribution in [3.05, 3.63) is 164 Å². The van der Waals surface area contributed by atoms with E-state index in [9.17, 15) is 0 Å². The Balaban J connectivity index is 1.17. The third kappa shape index (κ3) is 4.57. The van der Waals surface area contributed by atoms with E-state index in [1.807, 2.05) is 48.5 Å². The number of rotatable bonds is 4. The van der Waals surface area contributed by atoms with Crippen molar-refractivity contribution in [3.63, 3.8) is 0 Å². The third-order valence-electron chi connectivity index (χ3n) is 10.1. The molecule has 52 heavy (non-hydrogen) atoms. The van der Waals surface area contributed by atoms with E-state index in [2.05, 4.69) is 115 Å². The predicted octanol–water partition coefficient (Wildman–Crippen LogP) is 12.1. The molecule has 8 aromatic carbocycles. The molecule has 3 heterocycles. The van der Waals surface area contributed by atoms with Crippen LogP contribution in [0, 0.1) is 0 Å².